The third-order valence-electron chi connectivity index (χ3n) is 5.55. The average molecular weight is 348 g/mol. The summed E-state index contributed by atoms with van der Waals surface area (Å²) in [6.07, 6.45) is 3.23. The Morgan fingerprint density at radius 2 is 1.73 bits per heavy atom. The molecule has 4 nitrogen and oxygen atoms in total. The Balaban J connectivity index is 1.63. The number of nitrogens with zero attached hydrogens (tertiary/aromatic N) is 2. The number of benzene rings is 2. The summed E-state index contributed by atoms with van der Waals surface area (Å²) in [6, 6.07) is 17.7. The van der Waals surface area contributed by atoms with E-state index in [9.17, 15) is 9.59 Å². The standard InChI is InChI=1S/C22H24N2O2/c1-2-23(18-11-4-3-5-12-18)20(25)22(14-15-22)21(26)24-16-8-10-17-9-6-7-13-19(17)24/h3-7,9,11-13H,2,8,10,14-16H2,1H3. The number of hydrogen-bond acceptors (Lipinski definition) is 2. The van der Waals surface area contributed by atoms with Gasteiger partial charge in [-0.25, -0.2) is 0 Å². The number of fused-ring (bicyclic) bond motifs is 1. The van der Waals surface area contributed by atoms with Crippen molar-refractivity contribution >= 4 is 23.2 Å². The van der Waals surface area contributed by atoms with Gasteiger partial charge in [-0.05, 0) is 56.4 Å². The van der Waals surface area contributed by atoms with Gasteiger partial charge in [-0.2, -0.15) is 0 Å². The minimum absolute atomic E-state index is 0.0240. The average Bonchev–Trinajstić information content (AvgIpc) is 3.50. The molecule has 2 amide bonds. The molecule has 2 aliphatic rings. The number of hydrogen-bond donors (Lipinski definition) is 0. The van der Waals surface area contributed by atoms with Crippen LogP contribution in [0.5, 0.6) is 0 Å². The topological polar surface area (TPSA) is 40.6 Å². The SMILES string of the molecule is CCN(C(=O)C1(C(=O)N2CCCc3ccccc32)CC1)c1ccccc1. The number of carbonyl (C=O) groups excluding carboxylic acids is 2. The number of para-hydroxylation sites is 2. The number of carbonyl (C=O) groups is 2. The van der Waals surface area contributed by atoms with Crippen LogP contribution in [-0.4, -0.2) is 24.9 Å². The summed E-state index contributed by atoms with van der Waals surface area (Å²) >= 11 is 0. The van der Waals surface area contributed by atoms with Crippen molar-refractivity contribution in [3.63, 3.8) is 0 Å². The van der Waals surface area contributed by atoms with Crippen LogP contribution < -0.4 is 9.80 Å². The summed E-state index contributed by atoms with van der Waals surface area (Å²) in [7, 11) is 0. The van der Waals surface area contributed by atoms with Crippen LogP contribution in [0.3, 0.4) is 0 Å². The lowest BCUT2D eigenvalue weighted by Gasteiger charge is -2.34. The minimum Gasteiger partial charge on any atom is -0.312 e. The van der Waals surface area contributed by atoms with Gasteiger partial charge in [-0.1, -0.05) is 36.4 Å². The zero-order valence-electron chi connectivity index (χ0n) is 15.1. The van der Waals surface area contributed by atoms with Crippen LogP contribution >= 0.6 is 0 Å². The van der Waals surface area contributed by atoms with Gasteiger partial charge < -0.3 is 9.80 Å². The zero-order valence-corrected chi connectivity index (χ0v) is 15.1. The summed E-state index contributed by atoms with van der Waals surface area (Å²) in [5, 5.41) is 0. The Morgan fingerprint density at radius 3 is 2.42 bits per heavy atom. The first-order valence-electron chi connectivity index (χ1n) is 9.44. The molecule has 0 radical (unpaired) electrons. The highest BCUT2D eigenvalue weighted by atomic mass is 16.2. The molecule has 0 saturated heterocycles. The molecular weight excluding hydrogens is 324 g/mol. The van der Waals surface area contributed by atoms with E-state index >= 15 is 0 Å². The Morgan fingerprint density at radius 1 is 1.04 bits per heavy atom. The molecule has 1 aliphatic carbocycles. The summed E-state index contributed by atoms with van der Waals surface area (Å²) < 4.78 is 0. The smallest absolute Gasteiger partial charge is 0.242 e. The zero-order chi connectivity index (χ0) is 18.1. The molecule has 1 aliphatic heterocycles. The molecule has 0 spiro atoms. The summed E-state index contributed by atoms with van der Waals surface area (Å²) in [5.74, 6) is -0.0803. The molecule has 1 fully saturated rings. The second kappa shape index (κ2) is 6.60. The van der Waals surface area contributed by atoms with E-state index in [0.717, 1.165) is 24.2 Å². The molecule has 4 rings (SSSR count). The third-order valence-corrected chi connectivity index (χ3v) is 5.55. The highest BCUT2D eigenvalue weighted by Gasteiger charge is 2.59. The van der Waals surface area contributed by atoms with Gasteiger partial charge in [-0.15, -0.1) is 0 Å². The Labute approximate surface area is 154 Å². The summed E-state index contributed by atoms with van der Waals surface area (Å²) in [4.78, 5) is 30.4. The molecule has 1 heterocycles. The maximum atomic E-state index is 13.4. The fourth-order valence-corrected chi connectivity index (χ4v) is 3.96. The predicted octanol–water partition coefficient (Wildman–Crippen LogP) is 3.80. The van der Waals surface area contributed by atoms with Crippen molar-refractivity contribution in [2.24, 2.45) is 5.41 Å². The summed E-state index contributed by atoms with van der Waals surface area (Å²) in [6.45, 7) is 3.22. The van der Waals surface area contributed by atoms with Crippen molar-refractivity contribution in [2.75, 3.05) is 22.9 Å². The molecule has 0 bridgehead atoms. The molecule has 26 heavy (non-hydrogen) atoms. The highest BCUT2D eigenvalue weighted by Crippen LogP contribution is 2.50. The first kappa shape index (κ1) is 16.8. The fourth-order valence-electron chi connectivity index (χ4n) is 3.96. The van der Waals surface area contributed by atoms with Crippen LogP contribution in [0.1, 0.15) is 31.7 Å². The van der Waals surface area contributed by atoms with Gasteiger partial charge in [-0.3, -0.25) is 9.59 Å². The Kier molecular flexibility index (Phi) is 4.27. The quantitative estimate of drug-likeness (QED) is 0.789. The lowest BCUT2D eigenvalue weighted by Crippen LogP contribution is -2.48. The van der Waals surface area contributed by atoms with E-state index < -0.39 is 5.41 Å². The monoisotopic (exact) mass is 348 g/mol. The molecule has 0 aromatic heterocycles. The molecule has 0 N–H and O–H groups in total. The molecule has 2 aromatic carbocycles. The first-order valence-corrected chi connectivity index (χ1v) is 9.44. The maximum absolute atomic E-state index is 13.4. The maximum Gasteiger partial charge on any atom is 0.242 e. The van der Waals surface area contributed by atoms with Gasteiger partial charge in [0.15, 0.2) is 0 Å². The third kappa shape index (κ3) is 2.70. The molecule has 2 aromatic rings. The Hall–Kier alpha value is -2.62. The lowest BCUT2D eigenvalue weighted by atomic mass is 9.97. The molecule has 134 valence electrons. The molecule has 1 saturated carbocycles. The van der Waals surface area contributed by atoms with Crippen LogP contribution in [0, 0.1) is 5.41 Å². The van der Waals surface area contributed by atoms with Crippen molar-refractivity contribution in [1.82, 2.24) is 0 Å². The van der Waals surface area contributed by atoms with Crippen LogP contribution in [0.25, 0.3) is 0 Å². The number of aryl methyl sites for hydroxylation is 1. The lowest BCUT2D eigenvalue weighted by molar-refractivity contribution is -0.134. The second-order valence-electron chi connectivity index (χ2n) is 7.16. The predicted molar refractivity (Wildman–Crippen MR) is 103 cm³/mol. The van der Waals surface area contributed by atoms with E-state index in [-0.39, 0.29) is 11.8 Å². The van der Waals surface area contributed by atoms with Crippen molar-refractivity contribution < 1.29 is 9.59 Å². The highest BCUT2D eigenvalue weighted by molar-refractivity contribution is 6.18. The van der Waals surface area contributed by atoms with E-state index in [1.165, 1.54) is 5.56 Å². The number of amides is 2. The van der Waals surface area contributed by atoms with Crippen LogP contribution in [0.2, 0.25) is 0 Å². The van der Waals surface area contributed by atoms with E-state index in [4.69, 9.17) is 0 Å². The van der Waals surface area contributed by atoms with E-state index in [1.54, 1.807) is 4.90 Å². The van der Waals surface area contributed by atoms with Gasteiger partial charge in [0.2, 0.25) is 11.8 Å². The first-order chi connectivity index (χ1) is 12.7. The normalized spacial score (nSPS) is 17.3. The van der Waals surface area contributed by atoms with E-state index in [1.807, 2.05) is 60.4 Å². The molecular formula is C22H24N2O2. The van der Waals surface area contributed by atoms with Gasteiger partial charge in [0.1, 0.15) is 5.41 Å². The van der Waals surface area contributed by atoms with Gasteiger partial charge in [0, 0.05) is 24.5 Å². The van der Waals surface area contributed by atoms with E-state index in [2.05, 4.69) is 6.07 Å². The van der Waals surface area contributed by atoms with Crippen molar-refractivity contribution in [1.29, 1.82) is 0 Å². The van der Waals surface area contributed by atoms with Crippen molar-refractivity contribution in [3.05, 3.63) is 60.2 Å². The van der Waals surface area contributed by atoms with Gasteiger partial charge >= 0.3 is 0 Å². The van der Waals surface area contributed by atoms with Crippen molar-refractivity contribution in [2.45, 2.75) is 32.6 Å². The largest absolute Gasteiger partial charge is 0.312 e. The van der Waals surface area contributed by atoms with Gasteiger partial charge in [0.05, 0.1) is 0 Å². The number of anilines is 2. The van der Waals surface area contributed by atoms with Crippen LogP contribution in [0.15, 0.2) is 54.6 Å². The molecule has 0 unspecified atom stereocenters. The second-order valence-corrected chi connectivity index (χ2v) is 7.16. The van der Waals surface area contributed by atoms with Crippen LogP contribution in [0.4, 0.5) is 11.4 Å². The minimum atomic E-state index is -0.879. The Bertz CT molecular complexity index is 827. The molecule has 0 atom stereocenters. The van der Waals surface area contributed by atoms with Crippen LogP contribution in [-0.2, 0) is 16.0 Å². The molecule has 4 heteroatoms. The van der Waals surface area contributed by atoms with E-state index in [0.29, 0.717) is 25.9 Å². The fraction of sp³-hybridized carbons (Fsp3) is 0.364. The summed E-state index contributed by atoms with van der Waals surface area (Å²) in [5.41, 5.74) is 2.16. The van der Waals surface area contributed by atoms with Crippen molar-refractivity contribution in [3.8, 4) is 0 Å². The number of rotatable bonds is 4. The van der Waals surface area contributed by atoms with Gasteiger partial charge in [0.25, 0.3) is 0 Å².